The van der Waals surface area contributed by atoms with E-state index in [-0.39, 0.29) is 5.92 Å². The molecule has 1 unspecified atom stereocenters. The zero-order valence-electron chi connectivity index (χ0n) is 10.5. The smallest absolute Gasteiger partial charge is 0.129 e. The van der Waals surface area contributed by atoms with E-state index in [0.29, 0.717) is 13.2 Å². The van der Waals surface area contributed by atoms with E-state index in [1.807, 2.05) is 48.5 Å². The highest BCUT2D eigenvalue weighted by atomic mass is 16.5. The Balaban J connectivity index is 1.82. The largest absolute Gasteiger partial charge is 0.489 e. The topological polar surface area (TPSA) is 38.3 Å². The Morgan fingerprint density at radius 1 is 1.16 bits per heavy atom. The van der Waals surface area contributed by atoms with Crippen molar-refractivity contribution >= 4 is 12.0 Å². The Kier molecular flexibility index (Phi) is 3.19. The third-order valence-corrected chi connectivity index (χ3v) is 3.35. The van der Waals surface area contributed by atoms with Crippen LogP contribution in [-0.2, 0) is 11.4 Å². The summed E-state index contributed by atoms with van der Waals surface area (Å²) < 4.78 is 5.87. The summed E-state index contributed by atoms with van der Waals surface area (Å²) >= 11 is 0. The predicted molar refractivity (Wildman–Crippen MR) is 74.5 cm³/mol. The van der Waals surface area contributed by atoms with Crippen LogP contribution in [0.15, 0.2) is 48.5 Å². The van der Waals surface area contributed by atoms with E-state index in [1.54, 1.807) is 0 Å². The first-order chi connectivity index (χ1) is 9.38. The van der Waals surface area contributed by atoms with Crippen LogP contribution in [0.3, 0.4) is 0 Å². The van der Waals surface area contributed by atoms with Gasteiger partial charge in [-0.25, -0.2) is 0 Å². The van der Waals surface area contributed by atoms with Crippen molar-refractivity contribution in [1.29, 1.82) is 0 Å². The van der Waals surface area contributed by atoms with Gasteiger partial charge in [0.25, 0.3) is 0 Å². The Morgan fingerprint density at radius 3 is 2.79 bits per heavy atom. The molecule has 0 bridgehead atoms. The molecular weight excluding hydrogens is 238 g/mol. The molecule has 0 spiro atoms. The van der Waals surface area contributed by atoms with E-state index in [1.165, 1.54) is 0 Å². The molecule has 0 amide bonds. The predicted octanol–water partition coefficient (Wildman–Crippen LogP) is 2.97. The first kappa shape index (κ1) is 11.8. The van der Waals surface area contributed by atoms with Gasteiger partial charge >= 0.3 is 0 Å². The summed E-state index contributed by atoms with van der Waals surface area (Å²) in [4.78, 5) is 11.1. The zero-order chi connectivity index (χ0) is 13.1. The monoisotopic (exact) mass is 253 g/mol. The highest BCUT2D eigenvalue weighted by molar-refractivity contribution is 5.76. The highest BCUT2D eigenvalue weighted by Crippen LogP contribution is 2.37. The van der Waals surface area contributed by atoms with Gasteiger partial charge in [0, 0.05) is 17.8 Å². The Labute approximate surface area is 112 Å². The molecule has 1 atom stereocenters. The number of hydrogen-bond donors (Lipinski definition) is 1. The van der Waals surface area contributed by atoms with E-state index in [4.69, 9.17) is 4.74 Å². The van der Waals surface area contributed by atoms with Gasteiger partial charge in [-0.05, 0) is 17.7 Å². The maximum Gasteiger partial charge on any atom is 0.129 e. The minimum absolute atomic E-state index is 0.109. The van der Waals surface area contributed by atoms with Crippen molar-refractivity contribution in [3.63, 3.8) is 0 Å². The lowest BCUT2D eigenvalue weighted by Gasteiger charge is -2.12. The van der Waals surface area contributed by atoms with Crippen LogP contribution < -0.4 is 10.1 Å². The Bertz CT molecular complexity index is 581. The summed E-state index contributed by atoms with van der Waals surface area (Å²) in [5, 5.41) is 3.23. The van der Waals surface area contributed by atoms with E-state index >= 15 is 0 Å². The quantitative estimate of drug-likeness (QED) is 0.851. The van der Waals surface area contributed by atoms with Gasteiger partial charge < -0.3 is 14.8 Å². The van der Waals surface area contributed by atoms with Crippen molar-refractivity contribution < 1.29 is 9.53 Å². The van der Waals surface area contributed by atoms with Crippen LogP contribution in [0.5, 0.6) is 5.75 Å². The normalized spacial score (nSPS) is 16.5. The average molecular weight is 253 g/mol. The molecule has 3 rings (SSSR count). The van der Waals surface area contributed by atoms with Gasteiger partial charge in [-0.3, -0.25) is 0 Å². The summed E-state index contributed by atoms with van der Waals surface area (Å²) in [6.45, 7) is 1.17. The standard InChI is InChI=1S/C16H15NO2/c18-10-13-9-17-14-7-4-8-15(16(13)14)19-11-12-5-2-1-3-6-12/h1-8,10,13,17H,9,11H2. The van der Waals surface area contributed by atoms with Crippen molar-refractivity contribution in [3.8, 4) is 5.75 Å². The lowest BCUT2D eigenvalue weighted by atomic mass is 10.0. The third-order valence-electron chi connectivity index (χ3n) is 3.35. The summed E-state index contributed by atoms with van der Waals surface area (Å²) in [6.07, 6.45) is 0.980. The molecule has 2 aromatic carbocycles. The second-order valence-corrected chi connectivity index (χ2v) is 4.62. The molecular formula is C16H15NO2. The van der Waals surface area contributed by atoms with Gasteiger partial charge in [0.2, 0.25) is 0 Å². The fraction of sp³-hybridized carbons (Fsp3) is 0.188. The SMILES string of the molecule is O=CC1CNc2cccc(OCc3ccccc3)c21. The van der Waals surface area contributed by atoms with Crippen LogP contribution >= 0.6 is 0 Å². The van der Waals surface area contributed by atoms with E-state index < -0.39 is 0 Å². The van der Waals surface area contributed by atoms with E-state index in [0.717, 1.165) is 28.8 Å². The summed E-state index contributed by atoms with van der Waals surface area (Å²) in [7, 11) is 0. The van der Waals surface area contributed by atoms with Crippen molar-refractivity contribution in [2.75, 3.05) is 11.9 Å². The number of rotatable bonds is 4. The lowest BCUT2D eigenvalue weighted by molar-refractivity contribution is -0.108. The molecule has 0 fully saturated rings. The number of fused-ring (bicyclic) bond motifs is 1. The number of ether oxygens (including phenoxy) is 1. The summed E-state index contributed by atoms with van der Waals surface area (Å²) in [5.74, 6) is 0.686. The maximum atomic E-state index is 11.1. The van der Waals surface area contributed by atoms with Crippen LogP contribution in [0.1, 0.15) is 17.0 Å². The fourth-order valence-corrected chi connectivity index (χ4v) is 2.38. The van der Waals surface area contributed by atoms with Gasteiger partial charge in [0.1, 0.15) is 18.6 Å². The van der Waals surface area contributed by atoms with Crippen molar-refractivity contribution in [2.45, 2.75) is 12.5 Å². The van der Waals surface area contributed by atoms with Gasteiger partial charge in [-0.2, -0.15) is 0 Å². The molecule has 0 saturated heterocycles. The molecule has 1 aliphatic rings. The van der Waals surface area contributed by atoms with Crippen LogP contribution in [0.2, 0.25) is 0 Å². The third kappa shape index (κ3) is 2.32. The number of carbonyl (C=O) groups excluding carboxylic acids is 1. The number of carbonyl (C=O) groups is 1. The number of aldehydes is 1. The molecule has 0 aromatic heterocycles. The second-order valence-electron chi connectivity index (χ2n) is 4.62. The maximum absolute atomic E-state index is 11.1. The molecule has 0 aliphatic carbocycles. The molecule has 2 aromatic rings. The number of nitrogens with one attached hydrogen (secondary N) is 1. The second kappa shape index (κ2) is 5.14. The minimum atomic E-state index is -0.109. The van der Waals surface area contributed by atoms with Crippen LogP contribution in [0.4, 0.5) is 5.69 Å². The first-order valence-electron chi connectivity index (χ1n) is 6.37. The highest BCUT2D eigenvalue weighted by Gasteiger charge is 2.25. The van der Waals surface area contributed by atoms with E-state index in [2.05, 4.69) is 5.32 Å². The van der Waals surface area contributed by atoms with Gasteiger partial charge in [0.05, 0.1) is 5.92 Å². The molecule has 3 nitrogen and oxygen atoms in total. The first-order valence-corrected chi connectivity index (χ1v) is 6.37. The van der Waals surface area contributed by atoms with Crippen LogP contribution in [0, 0.1) is 0 Å². The number of benzene rings is 2. The van der Waals surface area contributed by atoms with Crippen molar-refractivity contribution in [3.05, 3.63) is 59.7 Å². The fourth-order valence-electron chi connectivity index (χ4n) is 2.38. The van der Waals surface area contributed by atoms with Crippen molar-refractivity contribution in [1.82, 2.24) is 0 Å². The van der Waals surface area contributed by atoms with Crippen LogP contribution in [-0.4, -0.2) is 12.8 Å². The lowest BCUT2D eigenvalue weighted by Crippen LogP contribution is -2.04. The number of anilines is 1. The van der Waals surface area contributed by atoms with Crippen molar-refractivity contribution in [2.24, 2.45) is 0 Å². The summed E-state index contributed by atoms with van der Waals surface area (Å²) in [6, 6.07) is 15.9. The van der Waals surface area contributed by atoms with Gasteiger partial charge in [-0.15, -0.1) is 0 Å². The minimum Gasteiger partial charge on any atom is -0.489 e. The molecule has 0 radical (unpaired) electrons. The van der Waals surface area contributed by atoms with E-state index in [9.17, 15) is 4.79 Å². The van der Waals surface area contributed by atoms with Gasteiger partial charge in [-0.1, -0.05) is 36.4 Å². The molecule has 19 heavy (non-hydrogen) atoms. The summed E-state index contributed by atoms with van der Waals surface area (Å²) in [5.41, 5.74) is 3.10. The Morgan fingerprint density at radius 2 is 2.00 bits per heavy atom. The van der Waals surface area contributed by atoms with Crippen LogP contribution in [0.25, 0.3) is 0 Å². The average Bonchev–Trinajstić information content (AvgIpc) is 2.90. The molecule has 96 valence electrons. The Hall–Kier alpha value is -2.29. The molecule has 0 saturated carbocycles. The van der Waals surface area contributed by atoms with Gasteiger partial charge in [0.15, 0.2) is 0 Å². The molecule has 1 N–H and O–H groups in total. The molecule has 1 heterocycles. The molecule has 3 heteroatoms. The molecule has 1 aliphatic heterocycles. The number of hydrogen-bond acceptors (Lipinski definition) is 3. The zero-order valence-corrected chi connectivity index (χ0v) is 10.5.